The van der Waals surface area contributed by atoms with Crippen LogP contribution >= 0.6 is 0 Å². The van der Waals surface area contributed by atoms with Gasteiger partial charge in [0.1, 0.15) is 0 Å². The van der Waals surface area contributed by atoms with Crippen molar-refractivity contribution in [2.24, 2.45) is 0 Å². The second-order valence-corrected chi connectivity index (χ2v) is 8.59. The first kappa shape index (κ1) is 20.0. The highest BCUT2D eigenvalue weighted by Crippen LogP contribution is 2.22. The molecule has 0 unspecified atom stereocenters. The van der Waals surface area contributed by atoms with Crippen LogP contribution in [0, 0.1) is 13.8 Å². The van der Waals surface area contributed by atoms with Crippen LogP contribution in [-0.4, -0.2) is 34.2 Å². The third-order valence-corrected chi connectivity index (χ3v) is 5.55. The van der Waals surface area contributed by atoms with E-state index in [0.29, 0.717) is 17.8 Å². The van der Waals surface area contributed by atoms with E-state index in [-0.39, 0.29) is 5.91 Å². The first-order valence-electron chi connectivity index (χ1n) is 8.57. The fourth-order valence-electron chi connectivity index (χ4n) is 2.62. The molecule has 2 aromatic carbocycles. The maximum atomic E-state index is 12.4. The first-order chi connectivity index (χ1) is 12.2. The number of sulfonamides is 1. The van der Waals surface area contributed by atoms with Crippen LogP contribution in [0.2, 0.25) is 0 Å². The third kappa shape index (κ3) is 5.33. The molecular formula is C20H26N2O3S. The van der Waals surface area contributed by atoms with E-state index in [1.54, 1.807) is 18.2 Å². The second-order valence-electron chi connectivity index (χ2n) is 6.58. The van der Waals surface area contributed by atoms with E-state index in [0.717, 1.165) is 24.7 Å². The van der Waals surface area contributed by atoms with Gasteiger partial charge in [0.05, 0.1) is 11.9 Å². The number of carbonyl (C=O) groups is 1. The highest BCUT2D eigenvalue weighted by molar-refractivity contribution is 7.92. The summed E-state index contributed by atoms with van der Waals surface area (Å²) in [5.74, 6) is -0.197. The lowest BCUT2D eigenvalue weighted by molar-refractivity contribution is 0.0953. The molecule has 140 valence electrons. The minimum absolute atomic E-state index is 0.197. The van der Waals surface area contributed by atoms with Crippen molar-refractivity contribution in [3.63, 3.8) is 0 Å². The average Bonchev–Trinajstić information content (AvgIpc) is 2.59. The summed E-state index contributed by atoms with van der Waals surface area (Å²) in [6, 6.07) is 13.5. The number of rotatable bonds is 7. The quantitative estimate of drug-likeness (QED) is 0.758. The number of aryl methyl sites for hydroxylation is 3. The standard InChI is InChI=1S/C20H26N2O3S/c1-15-7-10-17(11-8-15)6-5-13-21-20(23)18-12-9-16(2)19(14-18)22(3)26(4,24)25/h7-12,14H,5-6,13H2,1-4H3,(H,21,23). The van der Waals surface area contributed by atoms with Gasteiger partial charge < -0.3 is 5.32 Å². The Morgan fingerprint density at radius 3 is 2.35 bits per heavy atom. The van der Waals surface area contributed by atoms with Crippen molar-refractivity contribution in [2.75, 3.05) is 24.2 Å². The zero-order chi connectivity index (χ0) is 19.3. The maximum absolute atomic E-state index is 12.4. The van der Waals surface area contributed by atoms with Crippen LogP contribution in [0.1, 0.15) is 33.5 Å². The first-order valence-corrected chi connectivity index (χ1v) is 10.4. The molecule has 0 radical (unpaired) electrons. The molecule has 26 heavy (non-hydrogen) atoms. The molecule has 0 bridgehead atoms. The number of benzene rings is 2. The lowest BCUT2D eigenvalue weighted by atomic mass is 10.1. The van der Waals surface area contributed by atoms with E-state index in [1.165, 1.54) is 22.5 Å². The molecule has 2 rings (SSSR count). The molecule has 0 saturated heterocycles. The van der Waals surface area contributed by atoms with Crippen LogP contribution in [0.3, 0.4) is 0 Å². The minimum atomic E-state index is -3.37. The van der Waals surface area contributed by atoms with Gasteiger partial charge in [-0.25, -0.2) is 8.42 Å². The van der Waals surface area contributed by atoms with Gasteiger partial charge in [0.25, 0.3) is 5.91 Å². The largest absolute Gasteiger partial charge is 0.352 e. The van der Waals surface area contributed by atoms with Crippen molar-refractivity contribution < 1.29 is 13.2 Å². The predicted molar refractivity (Wildman–Crippen MR) is 106 cm³/mol. The summed E-state index contributed by atoms with van der Waals surface area (Å²) in [4.78, 5) is 12.4. The fourth-order valence-corrected chi connectivity index (χ4v) is 3.17. The van der Waals surface area contributed by atoms with Crippen molar-refractivity contribution in [1.82, 2.24) is 5.32 Å². The van der Waals surface area contributed by atoms with Gasteiger partial charge >= 0.3 is 0 Å². The Labute approximate surface area is 156 Å². The van der Waals surface area contributed by atoms with E-state index >= 15 is 0 Å². The van der Waals surface area contributed by atoms with Crippen molar-refractivity contribution in [3.05, 3.63) is 64.7 Å². The van der Waals surface area contributed by atoms with Crippen LogP contribution in [0.4, 0.5) is 5.69 Å². The van der Waals surface area contributed by atoms with Gasteiger partial charge in [0.15, 0.2) is 0 Å². The van der Waals surface area contributed by atoms with Crippen molar-refractivity contribution >= 4 is 21.6 Å². The number of anilines is 1. The second kappa shape index (κ2) is 8.36. The van der Waals surface area contributed by atoms with Crippen LogP contribution in [0.25, 0.3) is 0 Å². The summed E-state index contributed by atoms with van der Waals surface area (Å²) < 4.78 is 24.7. The Morgan fingerprint density at radius 1 is 1.08 bits per heavy atom. The predicted octanol–water partition coefficient (Wildman–Crippen LogP) is 3.06. The van der Waals surface area contributed by atoms with Crippen LogP contribution in [0.5, 0.6) is 0 Å². The normalized spacial score (nSPS) is 11.2. The van der Waals surface area contributed by atoms with Gasteiger partial charge in [-0.3, -0.25) is 9.10 Å². The molecule has 0 atom stereocenters. The minimum Gasteiger partial charge on any atom is -0.352 e. The van der Waals surface area contributed by atoms with Gasteiger partial charge in [-0.15, -0.1) is 0 Å². The van der Waals surface area contributed by atoms with E-state index < -0.39 is 10.0 Å². The topological polar surface area (TPSA) is 66.5 Å². The summed E-state index contributed by atoms with van der Waals surface area (Å²) in [5.41, 5.74) is 4.25. The fraction of sp³-hybridized carbons (Fsp3) is 0.350. The smallest absolute Gasteiger partial charge is 0.251 e. The van der Waals surface area contributed by atoms with Crippen LogP contribution in [0.15, 0.2) is 42.5 Å². The molecule has 0 aromatic heterocycles. The summed E-state index contributed by atoms with van der Waals surface area (Å²) in [7, 11) is -1.89. The lowest BCUT2D eigenvalue weighted by Crippen LogP contribution is -2.27. The summed E-state index contributed by atoms with van der Waals surface area (Å²) in [5, 5.41) is 2.90. The number of hydrogen-bond donors (Lipinski definition) is 1. The third-order valence-electron chi connectivity index (χ3n) is 4.36. The number of nitrogens with one attached hydrogen (secondary N) is 1. The van der Waals surface area contributed by atoms with Crippen molar-refractivity contribution in [1.29, 1.82) is 0 Å². The van der Waals surface area contributed by atoms with Gasteiger partial charge in [0.2, 0.25) is 10.0 Å². The highest BCUT2D eigenvalue weighted by Gasteiger charge is 2.16. The number of hydrogen-bond acceptors (Lipinski definition) is 3. The van der Waals surface area contributed by atoms with Crippen molar-refractivity contribution in [2.45, 2.75) is 26.7 Å². The average molecular weight is 375 g/mol. The Kier molecular flexibility index (Phi) is 6.42. The molecule has 6 heteroatoms. The zero-order valence-electron chi connectivity index (χ0n) is 15.7. The number of amides is 1. The Hall–Kier alpha value is -2.34. The molecule has 0 saturated carbocycles. The van der Waals surface area contributed by atoms with Crippen molar-refractivity contribution in [3.8, 4) is 0 Å². The summed E-state index contributed by atoms with van der Waals surface area (Å²) >= 11 is 0. The SMILES string of the molecule is Cc1ccc(CCCNC(=O)c2ccc(C)c(N(C)S(C)(=O)=O)c2)cc1. The van der Waals surface area contributed by atoms with E-state index in [9.17, 15) is 13.2 Å². The maximum Gasteiger partial charge on any atom is 0.251 e. The Morgan fingerprint density at radius 2 is 1.73 bits per heavy atom. The van der Waals surface area contributed by atoms with Crippen LogP contribution < -0.4 is 9.62 Å². The van der Waals surface area contributed by atoms with E-state index in [1.807, 2.05) is 6.92 Å². The molecule has 0 aliphatic rings. The molecule has 1 N–H and O–H groups in total. The Balaban J connectivity index is 1.96. The summed E-state index contributed by atoms with van der Waals surface area (Å²) in [6.07, 6.45) is 2.89. The molecule has 5 nitrogen and oxygen atoms in total. The molecule has 2 aromatic rings. The molecule has 0 heterocycles. The molecule has 0 fully saturated rings. The monoisotopic (exact) mass is 374 g/mol. The van der Waals surface area contributed by atoms with Gasteiger partial charge in [-0.05, 0) is 49.9 Å². The van der Waals surface area contributed by atoms with Gasteiger partial charge in [-0.2, -0.15) is 0 Å². The van der Waals surface area contributed by atoms with Gasteiger partial charge in [-0.1, -0.05) is 35.9 Å². The highest BCUT2D eigenvalue weighted by atomic mass is 32.2. The van der Waals surface area contributed by atoms with E-state index in [2.05, 4.69) is 36.5 Å². The Bertz CT molecular complexity index is 874. The molecule has 0 aliphatic carbocycles. The zero-order valence-corrected chi connectivity index (χ0v) is 16.6. The lowest BCUT2D eigenvalue weighted by Gasteiger charge is -2.19. The number of carbonyl (C=O) groups excluding carboxylic acids is 1. The molecular weight excluding hydrogens is 348 g/mol. The van der Waals surface area contributed by atoms with Crippen LogP contribution in [-0.2, 0) is 16.4 Å². The molecule has 0 aliphatic heterocycles. The molecule has 0 spiro atoms. The van der Waals surface area contributed by atoms with E-state index in [4.69, 9.17) is 0 Å². The van der Waals surface area contributed by atoms with Gasteiger partial charge in [0, 0.05) is 19.2 Å². The number of nitrogens with zero attached hydrogens (tertiary/aromatic N) is 1. The summed E-state index contributed by atoms with van der Waals surface area (Å²) in [6.45, 7) is 4.44. The molecule has 1 amide bonds.